The Labute approximate surface area is 462 Å². The van der Waals surface area contributed by atoms with Crippen molar-refractivity contribution in [2.45, 2.75) is 66.8 Å². The maximum Gasteiger partial charge on any atom is 0.525 e. The number of allylic oxidation sites excluding steroid dienone is 2. The first-order chi connectivity index (χ1) is 38.4. The highest BCUT2D eigenvalue weighted by Crippen LogP contribution is 2.53. The quantitative estimate of drug-likeness (QED) is 0.133. The van der Waals surface area contributed by atoms with Crippen molar-refractivity contribution in [1.29, 1.82) is 0 Å². The molecule has 460 valence electrons. The molecule has 10 rings (SSSR count). The van der Waals surface area contributed by atoms with Crippen LogP contribution in [0.5, 0.6) is 0 Å². The third-order valence-electron chi connectivity index (χ3n) is 13.6. The number of hydrogen-bond acceptors (Lipinski definition) is 21. The van der Waals surface area contributed by atoms with Gasteiger partial charge in [0, 0.05) is 0 Å². The molecule has 25 nitrogen and oxygen atoms in total. The summed E-state index contributed by atoms with van der Waals surface area (Å²) in [4.78, 5) is 95.2. The number of fused-ring (bicyclic) bond motifs is 11. The van der Waals surface area contributed by atoms with Crippen molar-refractivity contribution in [2.75, 3.05) is 0 Å². The molecule has 8 amide bonds. The van der Waals surface area contributed by atoms with Crippen molar-refractivity contribution in [3.05, 3.63) is 95.6 Å². The highest BCUT2D eigenvalue weighted by molar-refractivity contribution is 7.88. The first kappa shape index (κ1) is 64.8. The molecule has 84 heavy (non-hydrogen) atoms. The predicted octanol–water partition coefficient (Wildman–Crippen LogP) is 3.93. The van der Waals surface area contributed by atoms with Gasteiger partial charge in [-0.1, -0.05) is 80.6 Å². The molecule has 0 aromatic heterocycles. The van der Waals surface area contributed by atoms with E-state index in [9.17, 15) is 125 Å². The Kier molecular flexibility index (Phi) is 17.2. The van der Waals surface area contributed by atoms with E-state index in [1.54, 1.807) is 49.4 Å². The van der Waals surface area contributed by atoms with E-state index in [4.69, 9.17) is 4.74 Å². The summed E-state index contributed by atoms with van der Waals surface area (Å²) < 4.78 is 254. The van der Waals surface area contributed by atoms with E-state index in [1.807, 2.05) is 0 Å². The minimum Gasteiger partial charge on any atom is -0.365 e. The summed E-state index contributed by atoms with van der Waals surface area (Å²) in [6.07, 6.45) is 5.95. The molecule has 8 aliphatic rings. The summed E-state index contributed by atoms with van der Waals surface area (Å²) in [5.41, 5.74) is -22.6. The normalized spacial score (nSPS) is 27.6. The summed E-state index contributed by atoms with van der Waals surface area (Å²) in [6, 6.07) is 13.7. The number of ether oxygens (including phenoxy) is 1. The molecule has 11 atom stereocenters. The van der Waals surface area contributed by atoms with Crippen LogP contribution in [0.4, 0.5) is 52.7 Å². The molecule has 2 aromatic rings. The SMILES string of the molecule is CCC(c1ccccc1)C1C(=O)N(OS(=O)(=O)C(F)(F)F)C(=O)C1C.O=C1C2C3C=CC(C3)C2C(=O)N1OS(=O)(=O)C(F)(F)F.O=C1C2C3C=CC(O3)C2C(=O)N1OS(=O)(=O)C(F)(F)F.O=C1c2ccccc2C(=O)N1OS(=O)(=O)C(F)(F)F. The molecule has 41 heteroatoms. The number of carbonyl (C=O) groups is 8. The second kappa shape index (κ2) is 22.3. The molecule has 2 aromatic carbocycles. The molecule has 6 heterocycles. The number of hydrogen-bond donors (Lipinski definition) is 0. The fourth-order valence-electron chi connectivity index (χ4n) is 9.88. The van der Waals surface area contributed by atoms with Gasteiger partial charge in [-0.2, -0.15) is 86.4 Å². The molecule has 4 saturated heterocycles. The molecule has 2 aliphatic carbocycles. The van der Waals surface area contributed by atoms with Gasteiger partial charge in [-0.25, -0.2) is 0 Å². The van der Waals surface area contributed by atoms with E-state index in [1.165, 1.54) is 43.3 Å². The van der Waals surface area contributed by atoms with E-state index in [0.717, 1.165) is 5.56 Å². The Hall–Kier alpha value is -6.76. The Bertz CT molecular complexity index is 3410. The topological polar surface area (TPSA) is 332 Å². The van der Waals surface area contributed by atoms with Gasteiger partial charge in [0.2, 0.25) is 0 Å². The van der Waals surface area contributed by atoms with Gasteiger partial charge < -0.3 is 4.74 Å². The average Bonchev–Trinajstić information content (AvgIpc) is 1.89. The second-order valence-electron chi connectivity index (χ2n) is 18.5. The van der Waals surface area contributed by atoms with Gasteiger partial charge in [0.05, 0.1) is 58.8 Å². The van der Waals surface area contributed by atoms with Crippen LogP contribution in [0.25, 0.3) is 0 Å². The third kappa shape index (κ3) is 11.7. The molecule has 6 aliphatic heterocycles. The minimum atomic E-state index is -6.11. The lowest BCUT2D eigenvalue weighted by atomic mass is 9.78. The van der Waals surface area contributed by atoms with Crippen LogP contribution in [-0.2, 0) is 91.1 Å². The lowest BCUT2D eigenvalue weighted by Gasteiger charge is -2.23. The maximum absolute atomic E-state index is 12.5. The predicted molar refractivity (Wildman–Crippen MR) is 241 cm³/mol. The van der Waals surface area contributed by atoms with Crippen molar-refractivity contribution in [2.24, 2.45) is 47.3 Å². The van der Waals surface area contributed by atoms with E-state index in [2.05, 4.69) is 17.1 Å². The van der Waals surface area contributed by atoms with Crippen molar-refractivity contribution in [3.8, 4) is 0 Å². The number of benzene rings is 2. The number of halogens is 12. The minimum absolute atomic E-state index is 0.232. The fourth-order valence-corrected chi connectivity index (χ4v) is 11.6. The monoisotopic (exact) mass is 1300 g/mol. The van der Waals surface area contributed by atoms with Crippen LogP contribution in [0, 0.1) is 47.3 Å². The van der Waals surface area contributed by atoms with Crippen LogP contribution >= 0.6 is 0 Å². The van der Waals surface area contributed by atoms with Crippen LogP contribution in [0.2, 0.25) is 0 Å². The second-order valence-corrected chi connectivity index (χ2v) is 24.6. The number of hydroxylamine groups is 8. The zero-order chi connectivity index (χ0) is 63.2. The molecule has 11 unspecified atom stereocenters. The summed E-state index contributed by atoms with van der Waals surface area (Å²) in [7, 11) is -24.3. The molecule has 4 bridgehead atoms. The zero-order valence-electron chi connectivity index (χ0n) is 41.3. The molecule has 0 radical (unpaired) electrons. The molecule has 0 spiro atoms. The van der Waals surface area contributed by atoms with Crippen molar-refractivity contribution < 1.29 is 147 Å². The Morgan fingerprint density at radius 3 is 1.13 bits per heavy atom. The van der Waals surface area contributed by atoms with Crippen LogP contribution in [-0.4, -0.2) is 135 Å². The van der Waals surface area contributed by atoms with E-state index in [-0.39, 0.29) is 38.2 Å². The number of carbonyl (C=O) groups excluding carboxylic acids is 8. The standard InChI is InChI=1S/C15H16F3NO5S.C10H8F3NO5S.C9H6F3NO6S.C9H4F3NO5S/c1-3-11(10-7-5-4-6-8-10)12-9(2)13(20)19(14(12)21)24-25(22,23)15(16,17)18;11-10(12,13)20(17,18)19-14-8(15)6-4-1-2-5(3-4)7(6)9(14)16;10-9(11,12)20(16,17)19-13-7(14)5-3-1-2-4(18-3)6(5)8(13)15;10-9(11,12)19(16,17)18-13-7(14)5-3-1-2-4-6(5)8(13)15/h4-9,11-12H,3H2,1-2H3;1-2,4-7H,3H2;1-6H;1-4H. The number of imide groups is 4. The number of amides is 8. The van der Waals surface area contributed by atoms with Gasteiger partial charge in [-0.3, -0.25) is 38.4 Å². The van der Waals surface area contributed by atoms with Crippen molar-refractivity contribution in [3.63, 3.8) is 0 Å². The highest BCUT2D eigenvalue weighted by atomic mass is 32.2. The number of alkyl halides is 12. The highest BCUT2D eigenvalue weighted by Gasteiger charge is 2.65. The third-order valence-corrected chi connectivity index (χ3v) is 17.2. The first-order valence-electron chi connectivity index (χ1n) is 23.1. The lowest BCUT2D eigenvalue weighted by molar-refractivity contribution is -0.172. The van der Waals surface area contributed by atoms with E-state index >= 15 is 0 Å². The number of nitrogens with zero attached hydrogens (tertiary/aromatic N) is 4. The van der Waals surface area contributed by atoms with Gasteiger partial charge in [0.15, 0.2) is 0 Å². The van der Waals surface area contributed by atoms with E-state index in [0.29, 0.717) is 12.8 Å². The summed E-state index contributed by atoms with van der Waals surface area (Å²) in [5.74, 6) is -15.8. The Morgan fingerprint density at radius 2 is 0.786 bits per heavy atom. The van der Waals surface area contributed by atoms with Crippen LogP contribution < -0.4 is 0 Å². The van der Waals surface area contributed by atoms with Gasteiger partial charge >= 0.3 is 62.5 Å². The zero-order valence-corrected chi connectivity index (χ0v) is 44.6. The van der Waals surface area contributed by atoms with Crippen molar-refractivity contribution in [1.82, 2.24) is 20.3 Å². The Balaban J connectivity index is 0.000000162. The molecule has 5 fully saturated rings. The lowest BCUT2D eigenvalue weighted by Crippen LogP contribution is -2.40. The fraction of sp³-hybridized carbons (Fsp3) is 0.442. The Morgan fingerprint density at radius 1 is 0.464 bits per heavy atom. The summed E-state index contributed by atoms with van der Waals surface area (Å²) in [6.45, 7) is 3.12. The smallest absolute Gasteiger partial charge is 0.365 e. The molecule has 0 N–H and O–H groups in total. The average molecular weight is 1300 g/mol. The van der Waals surface area contributed by atoms with Gasteiger partial charge in [0.25, 0.3) is 47.3 Å². The van der Waals surface area contributed by atoms with Crippen LogP contribution in [0.3, 0.4) is 0 Å². The first-order valence-corrected chi connectivity index (χ1v) is 28.8. The summed E-state index contributed by atoms with van der Waals surface area (Å²) in [5, 5.41) is -1.27. The van der Waals surface area contributed by atoms with Gasteiger partial charge in [-0.15, -0.1) is 37.4 Å². The van der Waals surface area contributed by atoms with Crippen LogP contribution in [0.15, 0.2) is 78.9 Å². The molecular formula is C43H34F12N4O21S4. The van der Waals surface area contributed by atoms with Crippen molar-refractivity contribution >= 4 is 87.7 Å². The van der Waals surface area contributed by atoms with Crippen LogP contribution in [0.1, 0.15) is 58.9 Å². The maximum atomic E-state index is 12.5. The van der Waals surface area contributed by atoms with E-state index < -0.39 is 168 Å². The van der Waals surface area contributed by atoms with Gasteiger partial charge in [-0.05, 0) is 48.3 Å². The number of rotatable bonds is 11. The summed E-state index contributed by atoms with van der Waals surface area (Å²) >= 11 is 0. The van der Waals surface area contributed by atoms with Gasteiger partial charge in [0.1, 0.15) is 0 Å². The molecule has 1 saturated carbocycles. The largest absolute Gasteiger partial charge is 0.525 e. The molecular weight excluding hydrogens is 1260 g/mol.